The molecule has 0 fully saturated rings. The van der Waals surface area contributed by atoms with Crippen molar-refractivity contribution >= 4 is 34.6 Å². The Kier molecular flexibility index (Phi) is 6.63. The monoisotopic (exact) mass is 410 g/mol. The predicted octanol–water partition coefficient (Wildman–Crippen LogP) is 2.39. The summed E-state index contributed by atoms with van der Waals surface area (Å²) in [5.74, 6) is -0.142. The van der Waals surface area contributed by atoms with E-state index in [1.165, 1.54) is 0 Å². The molecule has 3 aromatic rings. The molecule has 0 aliphatic heterocycles. The highest BCUT2D eigenvalue weighted by Crippen LogP contribution is 2.21. The minimum Gasteiger partial charge on any atom is -0.399 e. The Hall–Kier alpha value is -3.46. The van der Waals surface area contributed by atoms with E-state index in [0.29, 0.717) is 60.2 Å². The summed E-state index contributed by atoms with van der Waals surface area (Å²) in [5.41, 5.74) is 8.16. The smallest absolute Gasteiger partial charge is 0.272 e. The molecular formula is C21H26N6O3. The number of carbonyl (C=O) groups excluding carboxylic acids is 2. The fraction of sp³-hybridized carbons (Fsp3) is 0.333. The lowest BCUT2D eigenvalue weighted by molar-refractivity contribution is 0.0796. The van der Waals surface area contributed by atoms with E-state index >= 15 is 0 Å². The lowest BCUT2D eigenvalue weighted by Gasteiger charge is -2.14. The molecule has 9 heteroatoms. The van der Waals surface area contributed by atoms with E-state index in [2.05, 4.69) is 15.3 Å². The van der Waals surface area contributed by atoms with Gasteiger partial charge in [-0.3, -0.25) is 19.5 Å². The van der Waals surface area contributed by atoms with E-state index in [-0.39, 0.29) is 11.8 Å². The number of nitrogens with two attached hydrogens (primary N) is 1. The third-order valence-corrected chi connectivity index (χ3v) is 4.74. The zero-order chi connectivity index (χ0) is 21.7. The predicted molar refractivity (Wildman–Crippen MR) is 115 cm³/mol. The Morgan fingerprint density at radius 2 is 2.03 bits per heavy atom. The molecule has 0 saturated heterocycles. The minimum atomic E-state index is -0.326. The van der Waals surface area contributed by atoms with E-state index < -0.39 is 0 Å². The van der Waals surface area contributed by atoms with Crippen LogP contribution in [-0.4, -0.2) is 58.6 Å². The van der Waals surface area contributed by atoms with Gasteiger partial charge in [-0.05, 0) is 43.7 Å². The van der Waals surface area contributed by atoms with Gasteiger partial charge in [-0.15, -0.1) is 0 Å². The van der Waals surface area contributed by atoms with Gasteiger partial charge in [0.25, 0.3) is 11.8 Å². The van der Waals surface area contributed by atoms with Crippen LogP contribution in [0.25, 0.3) is 11.2 Å². The van der Waals surface area contributed by atoms with E-state index in [0.717, 1.165) is 0 Å². The molecule has 30 heavy (non-hydrogen) atoms. The van der Waals surface area contributed by atoms with Gasteiger partial charge in [0, 0.05) is 45.1 Å². The Morgan fingerprint density at radius 1 is 1.23 bits per heavy atom. The fourth-order valence-corrected chi connectivity index (χ4v) is 2.99. The van der Waals surface area contributed by atoms with Crippen molar-refractivity contribution < 1.29 is 14.3 Å². The van der Waals surface area contributed by atoms with Gasteiger partial charge in [0.1, 0.15) is 11.2 Å². The molecule has 0 spiro atoms. The summed E-state index contributed by atoms with van der Waals surface area (Å²) in [7, 11) is 3.35. The first-order valence-corrected chi connectivity index (χ1v) is 9.73. The van der Waals surface area contributed by atoms with Crippen LogP contribution in [0.1, 0.15) is 34.2 Å². The standard InChI is InChI=1S/C21H26N6O3/c1-4-26(2)20(29)17-10-9-16-18(23-17)27(11-6-12-30-3)21(24-16)25-19(28)14-7-5-8-15(22)13-14/h5,7-10,13H,4,6,11-12,22H2,1-3H3,(H,24,25,28). The third-order valence-electron chi connectivity index (χ3n) is 4.74. The zero-order valence-electron chi connectivity index (χ0n) is 17.4. The van der Waals surface area contributed by atoms with Crippen LogP contribution in [0.5, 0.6) is 0 Å². The van der Waals surface area contributed by atoms with E-state index in [1.807, 2.05) is 6.92 Å². The SMILES string of the molecule is CCN(C)C(=O)c1ccc2nc(NC(=O)c3cccc(N)c3)n(CCCOC)c2n1. The van der Waals surface area contributed by atoms with Crippen LogP contribution in [0.15, 0.2) is 36.4 Å². The number of carbonyl (C=O) groups is 2. The Labute approximate surface area is 174 Å². The van der Waals surface area contributed by atoms with Crippen molar-refractivity contribution in [1.82, 2.24) is 19.4 Å². The number of imidazole rings is 1. The molecular weight excluding hydrogens is 384 g/mol. The topological polar surface area (TPSA) is 115 Å². The lowest BCUT2D eigenvalue weighted by Crippen LogP contribution is -2.27. The number of aromatic nitrogens is 3. The number of rotatable bonds is 8. The third kappa shape index (κ3) is 4.57. The molecule has 3 rings (SSSR count). The first-order valence-electron chi connectivity index (χ1n) is 9.73. The van der Waals surface area contributed by atoms with Gasteiger partial charge in [0.2, 0.25) is 5.95 Å². The van der Waals surface area contributed by atoms with Gasteiger partial charge in [-0.2, -0.15) is 0 Å². The summed E-state index contributed by atoms with van der Waals surface area (Å²) in [6, 6.07) is 10.1. The average Bonchev–Trinajstić information content (AvgIpc) is 3.09. The quantitative estimate of drug-likeness (QED) is 0.435. The average molecular weight is 410 g/mol. The van der Waals surface area contributed by atoms with Crippen molar-refractivity contribution in [3.63, 3.8) is 0 Å². The first kappa shape index (κ1) is 21.3. The number of anilines is 2. The summed E-state index contributed by atoms with van der Waals surface area (Å²) in [5, 5.41) is 2.83. The second kappa shape index (κ2) is 9.36. The minimum absolute atomic E-state index is 0.172. The molecule has 0 radical (unpaired) electrons. The highest BCUT2D eigenvalue weighted by atomic mass is 16.5. The summed E-state index contributed by atoms with van der Waals surface area (Å²) >= 11 is 0. The number of ether oxygens (including phenoxy) is 1. The van der Waals surface area contributed by atoms with Crippen LogP contribution >= 0.6 is 0 Å². The second-order valence-corrected chi connectivity index (χ2v) is 6.87. The summed E-state index contributed by atoms with van der Waals surface area (Å²) in [4.78, 5) is 35.9. The summed E-state index contributed by atoms with van der Waals surface area (Å²) < 4.78 is 6.94. The normalized spacial score (nSPS) is 10.9. The van der Waals surface area contributed by atoms with Crippen LogP contribution in [0.2, 0.25) is 0 Å². The maximum atomic E-state index is 12.7. The number of amides is 2. The molecule has 0 aliphatic rings. The maximum Gasteiger partial charge on any atom is 0.272 e. The molecule has 0 atom stereocenters. The van der Waals surface area contributed by atoms with Gasteiger partial charge in [0.05, 0.1) is 0 Å². The molecule has 0 saturated carbocycles. The molecule has 158 valence electrons. The van der Waals surface area contributed by atoms with Crippen molar-refractivity contribution in [3.05, 3.63) is 47.7 Å². The van der Waals surface area contributed by atoms with Gasteiger partial charge in [0.15, 0.2) is 5.65 Å². The molecule has 9 nitrogen and oxygen atoms in total. The molecule has 2 amide bonds. The number of nitrogens with zero attached hydrogens (tertiary/aromatic N) is 4. The number of nitrogen functional groups attached to an aromatic ring is 1. The van der Waals surface area contributed by atoms with Crippen molar-refractivity contribution in [2.75, 3.05) is 38.4 Å². The highest BCUT2D eigenvalue weighted by molar-refractivity contribution is 6.04. The number of nitrogens with one attached hydrogen (secondary N) is 1. The molecule has 2 aromatic heterocycles. The zero-order valence-corrected chi connectivity index (χ0v) is 17.4. The van der Waals surface area contributed by atoms with Gasteiger partial charge in [-0.25, -0.2) is 9.97 Å². The lowest BCUT2D eigenvalue weighted by atomic mass is 10.2. The van der Waals surface area contributed by atoms with Crippen LogP contribution in [-0.2, 0) is 11.3 Å². The van der Waals surface area contributed by atoms with Crippen LogP contribution in [0.3, 0.4) is 0 Å². The van der Waals surface area contributed by atoms with E-state index in [1.54, 1.807) is 60.0 Å². The largest absolute Gasteiger partial charge is 0.399 e. The number of fused-ring (bicyclic) bond motifs is 1. The number of aryl methyl sites for hydroxylation is 1. The maximum absolute atomic E-state index is 12.7. The molecule has 0 aliphatic carbocycles. The van der Waals surface area contributed by atoms with Crippen molar-refractivity contribution in [2.45, 2.75) is 19.9 Å². The number of benzene rings is 1. The van der Waals surface area contributed by atoms with Crippen LogP contribution in [0.4, 0.5) is 11.6 Å². The number of methoxy groups -OCH3 is 1. The van der Waals surface area contributed by atoms with Crippen LogP contribution in [0, 0.1) is 0 Å². The van der Waals surface area contributed by atoms with Crippen molar-refractivity contribution in [2.24, 2.45) is 0 Å². The molecule has 1 aromatic carbocycles. The van der Waals surface area contributed by atoms with E-state index in [9.17, 15) is 9.59 Å². The summed E-state index contributed by atoms with van der Waals surface area (Å²) in [6.45, 7) is 3.53. The fourth-order valence-electron chi connectivity index (χ4n) is 2.99. The molecule has 0 unspecified atom stereocenters. The van der Waals surface area contributed by atoms with Gasteiger partial charge in [-0.1, -0.05) is 6.07 Å². The van der Waals surface area contributed by atoms with Crippen LogP contribution < -0.4 is 11.1 Å². The van der Waals surface area contributed by atoms with Gasteiger partial charge >= 0.3 is 0 Å². The highest BCUT2D eigenvalue weighted by Gasteiger charge is 2.19. The number of hydrogen-bond acceptors (Lipinski definition) is 6. The van der Waals surface area contributed by atoms with Gasteiger partial charge < -0.3 is 15.4 Å². The van der Waals surface area contributed by atoms with E-state index in [4.69, 9.17) is 10.5 Å². The molecule has 2 heterocycles. The Balaban J connectivity index is 1.98. The van der Waals surface area contributed by atoms with Crippen molar-refractivity contribution in [1.29, 1.82) is 0 Å². The van der Waals surface area contributed by atoms with Crippen molar-refractivity contribution in [3.8, 4) is 0 Å². The number of pyridine rings is 1. The Bertz CT molecular complexity index is 1060. The molecule has 3 N–H and O–H groups in total. The number of hydrogen-bond donors (Lipinski definition) is 2. The first-order chi connectivity index (χ1) is 14.4. The summed E-state index contributed by atoms with van der Waals surface area (Å²) in [6.07, 6.45) is 0.692. The molecule has 0 bridgehead atoms. The Morgan fingerprint density at radius 3 is 2.73 bits per heavy atom. The second-order valence-electron chi connectivity index (χ2n) is 6.87.